The summed E-state index contributed by atoms with van der Waals surface area (Å²) in [4.78, 5) is 35.1. The van der Waals surface area contributed by atoms with Crippen LogP contribution in [0.15, 0.2) is 48.5 Å². The number of carboxylic acids is 1. The van der Waals surface area contributed by atoms with Crippen LogP contribution in [0.3, 0.4) is 0 Å². The smallest absolute Gasteiger partial charge is 0.407 e. The van der Waals surface area contributed by atoms with Gasteiger partial charge in [-0.3, -0.25) is 4.79 Å². The molecule has 3 N–H and O–H groups in total. The minimum Gasteiger partial charge on any atom is -0.480 e. The monoisotopic (exact) mass is 492 g/mol. The Bertz CT molecular complexity index is 1030. The van der Waals surface area contributed by atoms with Crippen molar-refractivity contribution in [1.82, 2.24) is 10.6 Å². The predicted molar refractivity (Wildman–Crippen MR) is 122 cm³/mol. The number of rotatable bonds is 10. The van der Waals surface area contributed by atoms with Crippen LogP contribution in [0.1, 0.15) is 43.2 Å². The Morgan fingerprint density at radius 3 is 2.11 bits per heavy atom. The van der Waals surface area contributed by atoms with Crippen molar-refractivity contribution in [1.29, 1.82) is 0 Å². The molecule has 1 aliphatic carbocycles. The van der Waals surface area contributed by atoms with Crippen LogP contribution in [0.4, 0.5) is 18.0 Å². The number of hydrogen-bond acceptors (Lipinski definition) is 4. The molecule has 10 heteroatoms. The van der Waals surface area contributed by atoms with Crippen molar-refractivity contribution in [3.8, 4) is 11.1 Å². The summed E-state index contributed by atoms with van der Waals surface area (Å²) >= 11 is 0. The van der Waals surface area contributed by atoms with Crippen molar-refractivity contribution in [3.63, 3.8) is 0 Å². The van der Waals surface area contributed by atoms with Gasteiger partial charge in [0.25, 0.3) is 0 Å². The second kappa shape index (κ2) is 11.2. The number of alkyl carbamates (subject to hydrolysis) is 1. The number of aliphatic carboxylic acids is 1. The van der Waals surface area contributed by atoms with Crippen LogP contribution in [-0.2, 0) is 14.3 Å². The molecule has 0 aromatic heterocycles. The Balaban J connectivity index is 1.51. The Kier molecular flexibility index (Phi) is 8.37. The van der Waals surface area contributed by atoms with Crippen LogP contribution < -0.4 is 10.6 Å². The third-order valence-corrected chi connectivity index (χ3v) is 6.04. The number of halogens is 3. The van der Waals surface area contributed by atoms with E-state index in [9.17, 15) is 27.6 Å². The van der Waals surface area contributed by atoms with E-state index in [0.29, 0.717) is 0 Å². The second-order valence-corrected chi connectivity index (χ2v) is 8.35. The summed E-state index contributed by atoms with van der Waals surface area (Å²) in [7, 11) is 0. The van der Waals surface area contributed by atoms with Crippen molar-refractivity contribution in [2.24, 2.45) is 5.92 Å². The Hall–Kier alpha value is -3.56. The first-order chi connectivity index (χ1) is 16.6. The summed E-state index contributed by atoms with van der Waals surface area (Å²) in [6.45, 7) is 1.17. The molecule has 0 heterocycles. The third kappa shape index (κ3) is 6.52. The number of hydrogen-bond donors (Lipinski definition) is 3. The maximum atomic E-state index is 13.4. The Morgan fingerprint density at radius 2 is 1.60 bits per heavy atom. The summed E-state index contributed by atoms with van der Waals surface area (Å²) in [6.07, 6.45) is -6.98. The average molecular weight is 492 g/mol. The number of amides is 2. The molecule has 2 atom stereocenters. The highest BCUT2D eigenvalue weighted by atomic mass is 19.4. The number of fused-ring (bicyclic) bond motifs is 3. The van der Waals surface area contributed by atoms with Crippen molar-refractivity contribution in [3.05, 3.63) is 59.7 Å². The van der Waals surface area contributed by atoms with E-state index in [2.05, 4.69) is 10.6 Å². The maximum absolute atomic E-state index is 13.4. The zero-order chi connectivity index (χ0) is 25.6. The lowest BCUT2D eigenvalue weighted by molar-refractivity contribution is -0.180. The molecule has 2 aromatic carbocycles. The van der Waals surface area contributed by atoms with Gasteiger partial charge in [-0.1, -0.05) is 55.5 Å². The summed E-state index contributed by atoms with van der Waals surface area (Å²) in [5.41, 5.74) is 4.13. The molecule has 188 valence electrons. The predicted octanol–water partition coefficient (Wildman–Crippen LogP) is 4.46. The highest BCUT2D eigenvalue weighted by Gasteiger charge is 2.40. The Morgan fingerprint density at radius 1 is 1.03 bits per heavy atom. The van der Waals surface area contributed by atoms with E-state index in [4.69, 9.17) is 9.84 Å². The molecule has 0 radical (unpaired) electrons. The zero-order valence-corrected chi connectivity index (χ0v) is 19.1. The SMILES string of the molecule is CC[C@H](NC(=O)CC(CCNC(=O)OCC1c2ccccc2-c2ccccc21)C(F)(F)F)C(=O)O. The third-order valence-electron chi connectivity index (χ3n) is 6.04. The minimum absolute atomic E-state index is 0.0263. The van der Waals surface area contributed by atoms with Crippen LogP contribution in [0.5, 0.6) is 0 Å². The number of carboxylic acid groups (broad SMARTS) is 1. The van der Waals surface area contributed by atoms with E-state index in [1.807, 2.05) is 48.5 Å². The van der Waals surface area contributed by atoms with Gasteiger partial charge in [-0.25, -0.2) is 9.59 Å². The molecular weight excluding hydrogens is 465 g/mol. The summed E-state index contributed by atoms with van der Waals surface area (Å²) in [5.74, 6) is -4.55. The molecule has 0 bridgehead atoms. The maximum Gasteiger partial charge on any atom is 0.407 e. The van der Waals surface area contributed by atoms with Crippen LogP contribution in [0.25, 0.3) is 11.1 Å². The first kappa shape index (κ1) is 26.1. The molecule has 3 rings (SSSR count). The number of carbonyl (C=O) groups excluding carboxylic acids is 2. The van der Waals surface area contributed by atoms with Crippen LogP contribution in [0, 0.1) is 5.92 Å². The molecule has 2 aromatic rings. The standard InChI is InChI=1S/C25H27F3N2O5/c1-2-21(23(32)33)30-22(31)13-15(25(26,27)28)11-12-29-24(34)35-14-20-18-9-5-3-7-16(18)17-8-4-6-10-19(17)20/h3-10,15,20-21H,2,11-14H2,1H3,(H,29,34)(H,30,31)(H,32,33)/t15?,21-/m0/s1. The molecule has 2 amide bonds. The molecule has 7 nitrogen and oxygen atoms in total. The van der Waals surface area contributed by atoms with E-state index >= 15 is 0 Å². The number of benzene rings is 2. The van der Waals surface area contributed by atoms with E-state index in [-0.39, 0.29) is 25.5 Å². The second-order valence-electron chi connectivity index (χ2n) is 8.35. The van der Waals surface area contributed by atoms with Gasteiger partial charge in [-0.15, -0.1) is 0 Å². The first-order valence-corrected chi connectivity index (χ1v) is 11.3. The van der Waals surface area contributed by atoms with Crippen molar-refractivity contribution in [2.75, 3.05) is 13.2 Å². The van der Waals surface area contributed by atoms with Gasteiger partial charge in [0.2, 0.25) is 5.91 Å². The van der Waals surface area contributed by atoms with E-state index in [1.54, 1.807) is 0 Å². The van der Waals surface area contributed by atoms with Gasteiger partial charge in [0.1, 0.15) is 12.6 Å². The largest absolute Gasteiger partial charge is 0.480 e. The molecule has 0 saturated carbocycles. The summed E-state index contributed by atoms with van der Waals surface area (Å²) < 4.78 is 45.4. The zero-order valence-electron chi connectivity index (χ0n) is 19.1. The summed E-state index contributed by atoms with van der Waals surface area (Å²) in [5, 5.41) is 13.4. The van der Waals surface area contributed by atoms with Crippen molar-refractivity contribution in [2.45, 2.75) is 44.3 Å². The van der Waals surface area contributed by atoms with E-state index in [0.717, 1.165) is 22.3 Å². The van der Waals surface area contributed by atoms with Gasteiger partial charge < -0.3 is 20.5 Å². The highest BCUT2D eigenvalue weighted by Crippen LogP contribution is 2.44. The van der Waals surface area contributed by atoms with Crippen LogP contribution in [0.2, 0.25) is 0 Å². The number of ether oxygens (including phenoxy) is 1. The molecular formula is C25H27F3N2O5. The van der Waals surface area contributed by atoms with Gasteiger partial charge in [0, 0.05) is 18.9 Å². The minimum atomic E-state index is -4.69. The molecule has 1 unspecified atom stereocenters. The molecule has 0 spiro atoms. The topological polar surface area (TPSA) is 105 Å². The van der Waals surface area contributed by atoms with Gasteiger partial charge in [0.05, 0.1) is 5.92 Å². The van der Waals surface area contributed by atoms with E-state index < -0.39 is 48.9 Å². The van der Waals surface area contributed by atoms with Crippen LogP contribution in [-0.4, -0.2) is 48.4 Å². The lowest BCUT2D eigenvalue weighted by atomic mass is 9.98. The average Bonchev–Trinajstić information content (AvgIpc) is 3.13. The lowest BCUT2D eigenvalue weighted by Gasteiger charge is -2.21. The number of carbonyl (C=O) groups is 3. The van der Waals surface area contributed by atoms with Gasteiger partial charge in [0.15, 0.2) is 0 Å². The molecule has 1 aliphatic rings. The van der Waals surface area contributed by atoms with Crippen LogP contribution >= 0.6 is 0 Å². The normalized spacial score (nSPS) is 14.4. The van der Waals surface area contributed by atoms with Gasteiger partial charge in [-0.05, 0) is 35.1 Å². The van der Waals surface area contributed by atoms with Crippen molar-refractivity contribution < 1.29 is 37.4 Å². The molecule has 35 heavy (non-hydrogen) atoms. The highest BCUT2D eigenvalue weighted by molar-refractivity contribution is 5.83. The molecule has 0 saturated heterocycles. The first-order valence-electron chi connectivity index (χ1n) is 11.3. The van der Waals surface area contributed by atoms with Gasteiger partial charge >= 0.3 is 18.2 Å². The fraction of sp³-hybridized carbons (Fsp3) is 0.400. The fourth-order valence-electron chi connectivity index (χ4n) is 4.19. The Labute approximate surface area is 200 Å². The number of alkyl halides is 3. The van der Waals surface area contributed by atoms with E-state index in [1.165, 1.54) is 6.92 Å². The number of nitrogens with one attached hydrogen (secondary N) is 2. The fourth-order valence-corrected chi connectivity index (χ4v) is 4.19. The molecule has 0 aliphatic heterocycles. The van der Waals surface area contributed by atoms with Crippen molar-refractivity contribution >= 4 is 18.0 Å². The quantitative estimate of drug-likeness (QED) is 0.454. The van der Waals surface area contributed by atoms with Gasteiger partial charge in [-0.2, -0.15) is 13.2 Å². The molecule has 0 fully saturated rings. The summed E-state index contributed by atoms with van der Waals surface area (Å²) in [6, 6.07) is 14.3. The lowest BCUT2D eigenvalue weighted by Crippen LogP contribution is -2.42.